The second kappa shape index (κ2) is 9.29. The van der Waals surface area contributed by atoms with Gasteiger partial charge in [0, 0.05) is 37.1 Å². The van der Waals surface area contributed by atoms with Crippen molar-refractivity contribution in [3.63, 3.8) is 0 Å². The maximum absolute atomic E-state index is 12.6. The molecule has 27 heavy (non-hydrogen) atoms. The van der Waals surface area contributed by atoms with Crippen LogP contribution in [0.3, 0.4) is 0 Å². The lowest BCUT2D eigenvalue weighted by Gasteiger charge is -2.10. The minimum absolute atomic E-state index is 0.0414. The Morgan fingerprint density at radius 3 is 2.44 bits per heavy atom. The van der Waals surface area contributed by atoms with Crippen LogP contribution in [0.25, 0.3) is 0 Å². The van der Waals surface area contributed by atoms with Gasteiger partial charge in [0.15, 0.2) is 5.78 Å². The van der Waals surface area contributed by atoms with Crippen molar-refractivity contribution in [3.8, 4) is 0 Å². The molecule has 8 heteroatoms. The zero-order chi connectivity index (χ0) is 19.9. The first-order chi connectivity index (χ1) is 12.8. The second-order valence-electron chi connectivity index (χ2n) is 5.87. The van der Waals surface area contributed by atoms with Gasteiger partial charge in [0.1, 0.15) is 0 Å². The van der Waals surface area contributed by atoms with Crippen LogP contribution in [-0.4, -0.2) is 40.4 Å². The van der Waals surface area contributed by atoms with Crippen molar-refractivity contribution in [3.05, 3.63) is 59.7 Å². The average Bonchev–Trinajstić information content (AvgIpc) is 2.65. The molecule has 0 saturated heterocycles. The lowest BCUT2D eigenvalue weighted by atomic mass is 10.1. The molecule has 0 heterocycles. The molecule has 0 saturated carbocycles. The monoisotopic (exact) mass is 390 g/mol. The van der Waals surface area contributed by atoms with Gasteiger partial charge in [0.05, 0.1) is 4.90 Å². The van der Waals surface area contributed by atoms with Crippen molar-refractivity contribution in [2.45, 2.75) is 18.2 Å². The molecule has 2 aromatic rings. The van der Waals surface area contributed by atoms with Crippen LogP contribution in [0, 0.1) is 0 Å². The molecule has 0 spiro atoms. The summed E-state index contributed by atoms with van der Waals surface area (Å²) in [6.07, 6.45) is 0.661. The highest BCUT2D eigenvalue weighted by atomic mass is 32.2. The van der Waals surface area contributed by atoms with Crippen LogP contribution < -0.4 is 10.0 Å². The first-order valence-corrected chi connectivity index (χ1v) is 9.83. The van der Waals surface area contributed by atoms with Gasteiger partial charge in [-0.05, 0) is 43.7 Å². The number of amides is 1. The maximum Gasteiger partial charge on any atom is 0.261 e. The quantitative estimate of drug-likeness (QED) is 0.506. The van der Waals surface area contributed by atoms with Gasteiger partial charge in [-0.25, -0.2) is 8.42 Å². The van der Waals surface area contributed by atoms with Crippen LogP contribution in [0.5, 0.6) is 0 Å². The summed E-state index contributed by atoms with van der Waals surface area (Å²) in [5.41, 5.74) is 0.921. The second-order valence-corrected chi connectivity index (χ2v) is 7.55. The molecular formula is C19H22N2O5S. The van der Waals surface area contributed by atoms with Crippen LogP contribution in [0.15, 0.2) is 53.4 Å². The van der Waals surface area contributed by atoms with E-state index in [2.05, 4.69) is 10.0 Å². The summed E-state index contributed by atoms with van der Waals surface area (Å²) in [4.78, 5) is 23.6. The standard InChI is InChI=1S/C19H22N2O5S/c1-14(22)15-6-3-8-17(12-15)21-27(24,25)18-9-4-7-16(13-18)19(23)20-10-5-11-26-2/h3-4,6-9,12-13,21H,5,10-11H2,1-2H3,(H,20,23). The molecule has 1 amide bonds. The number of anilines is 1. The summed E-state index contributed by atoms with van der Waals surface area (Å²) in [6.45, 7) is 2.36. The molecule has 0 bridgehead atoms. The Morgan fingerprint density at radius 2 is 1.74 bits per heavy atom. The number of ether oxygens (including phenoxy) is 1. The maximum atomic E-state index is 12.6. The minimum atomic E-state index is -3.90. The van der Waals surface area contributed by atoms with E-state index in [0.29, 0.717) is 25.1 Å². The van der Waals surface area contributed by atoms with E-state index in [1.165, 1.54) is 31.2 Å². The molecule has 0 unspecified atom stereocenters. The summed E-state index contributed by atoms with van der Waals surface area (Å²) in [5, 5.41) is 2.71. The smallest absolute Gasteiger partial charge is 0.261 e. The topological polar surface area (TPSA) is 102 Å². The molecule has 0 atom stereocenters. The SMILES string of the molecule is COCCCNC(=O)c1cccc(S(=O)(=O)Nc2cccc(C(C)=O)c2)c1. The number of carbonyl (C=O) groups is 2. The number of benzene rings is 2. The van der Waals surface area contributed by atoms with Gasteiger partial charge in [-0.3, -0.25) is 14.3 Å². The van der Waals surface area contributed by atoms with Gasteiger partial charge in [0.25, 0.3) is 15.9 Å². The molecule has 7 nitrogen and oxygen atoms in total. The van der Waals surface area contributed by atoms with Gasteiger partial charge < -0.3 is 10.1 Å². The summed E-state index contributed by atoms with van der Waals surface area (Å²) in [6, 6.07) is 12.0. The normalized spacial score (nSPS) is 11.0. The Labute approximate surface area is 158 Å². The Kier molecular flexibility index (Phi) is 7.09. The molecule has 2 rings (SSSR count). The third-order valence-corrected chi connectivity index (χ3v) is 5.12. The first-order valence-electron chi connectivity index (χ1n) is 8.34. The van der Waals surface area contributed by atoms with Gasteiger partial charge in [0.2, 0.25) is 0 Å². The van der Waals surface area contributed by atoms with Crippen molar-refractivity contribution in [2.75, 3.05) is 25.0 Å². The summed E-state index contributed by atoms with van der Waals surface area (Å²) < 4.78 is 32.6. The van der Waals surface area contributed by atoms with E-state index in [4.69, 9.17) is 4.74 Å². The number of rotatable bonds is 9. The molecule has 0 aliphatic carbocycles. The fraction of sp³-hybridized carbons (Fsp3) is 0.263. The van der Waals surface area contributed by atoms with Gasteiger partial charge >= 0.3 is 0 Å². The van der Waals surface area contributed by atoms with Crippen molar-refractivity contribution >= 4 is 27.4 Å². The highest BCUT2D eigenvalue weighted by molar-refractivity contribution is 7.92. The number of hydrogen-bond donors (Lipinski definition) is 2. The molecular weight excluding hydrogens is 368 g/mol. The zero-order valence-corrected chi connectivity index (χ0v) is 16.0. The fourth-order valence-corrected chi connectivity index (χ4v) is 3.44. The van der Waals surface area contributed by atoms with E-state index in [9.17, 15) is 18.0 Å². The Hall–Kier alpha value is -2.71. The van der Waals surface area contributed by atoms with Gasteiger partial charge in [-0.15, -0.1) is 0 Å². The summed E-state index contributed by atoms with van der Waals surface area (Å²) >= 11 is 0. The molecule has 0 fully saturated rings. The van der Waals surface area contributed by atoms with E-state index in [1.54, 1.807) is 31.4 Å². The first kappa shape index (κ1) is 20.6. The minimum Gasteiger partial charge on any atom is -0.385 e. The van der Waals surface area contributed by atoms with Crippen LogP contribution in [-0.2, 0) is 14.8 Å². The third-order valence-electron chi connectivity index (χ3n) is 3.74. The molecule has 0 aromatic heterocycles. The summed E-state index contributed by atoms with van der Waals surface area (Å²) in [7, 11) is -2.32. The van der Waals surface area contributed by atoms with Crippen LogP contribution in [0.4, 0.5) is 5.69 Å². The predicted octanol–water partition coefficient (Wildman–Crippen LogP) is 2.46. The Morgan fingerprint density at radius 1 is 1.04 bits per heavy atom. The Bertz CT molecular complexity index is 925. The molecule has 144 valence electrons. The van der Waals surface area contributed by atoms with Crippen LogP contribution >= 0.6 is 0 Å². The number of methoxy groups -OCH3 is 1. The van der Waals surface area contributed by atoms with Crippen LogP contribution in [0.1, 0.15) is 34.1 Å². The number of Topliss-reactive ketones (excluding diaryl/α,β-unsaturated/α-hetero) is 1. The zero-order valence-electron chi connectivity index (χ0n) is 15.2. The van der Waals surface area contributed by atoms with E-state index >= 15 is 0 Å². The third kappa shape index (κ3) is 5.90. The predicted molar refractivity (Wildman–Crippen MR) is 103 cm³/mol. The summed E-state index contributed by atoms with van der Waals surface area (Å²) in [5.74, 6) is -0.523. The molecule has 2 N–H and O–H groups in total. The van der Waals surface area contributed by atoms with E-state index in [1.807, 2.05) is 0 Å². The van der Waals surface area contributed by atoms with Crippen molar-refractivity contribution in [1.82, 2.24) is 5.32 Å². The largest absolute Gasteiger partial charge is 0.385 e. The highest BCUT2D eigenvalue weighted by Gasteiger charge is 2.17. The lowest BCUT2D eigenvalue weighted by molar-refractivity contribution is 0.0947. The average molecular weight is 390 g/mol. The Balaban J connectivity index is 2.15. The molecule has 0 aliphatic rings. The molecule has 0 radical (unpaired) electrons. The lowest BCUT2D eigenvalue weighted by Crippen LogP contribution is -2.25. The number of sulfonamides is 1. The van der Waals surface area contributed by atoms with Gasteiger partial charge in [-0.2, -0.15) is 0 Å². The number of nitrogens with one attached hydrogen (secondary N) is 2. The molecule has 2 aromatic carbocycles. The van der Waals surface area contributed by atoms with Crippen molar-refractivity contribution in [1.29, 1.82) is 0 Å². The van der Waals surface area contributed by atoms with Crippen molar-refractivity contribution in [2.24, 2.45) is 0 Å². The van der Waals surface area contributed by atoms with E-state index in [0.717, 1.165) is 0 Å². The van der Waals surface area contributed by atoms with Gasteiger partial charge in [-0.1, -0.05) is 18.2 Å². The highest BCUT2D eigenvalue weighted by Crippen LogP contribution is 2.18. The number of carbonyl (C=O) groups excluding carboxylic acids is 2. The number of hydrogen-bond acceptors (Lipinski definition) is 5. The van der Waals surface area contributed by atoms with Crippen molar-refractivity contribution < 1.29 is 22.7 Å². The van der Waals surface area contributed by atoms with Crippen LogP contribution in [0.2, 0.25) is 0 Å². The fourth-order valence-electron chi connectivity index (χ4n) is 2.34. The molecule has 0 aliphatic heterocycles. The van der Waals surface area contributed by atoms with E-state index in [-0.39, 0.29) is 27.8 Å². The number of ketones is 1. The van der Waals surface area contributed by atoms with E-state index < -0.39 is 10.0 Å².